The van der Waals surface area contributed by atoms with Gasteiger partial charge in [-0.1, -0.05) is 30.3 Å². The molecule has 1 aromatic heterocycles. The standard InChI is InChI=1S/C20H23N5O2S/c1-23-12-14-25(15-13-23)20-21-18-11-7-6-10-17(18)19(22-20)24(2)28(26,27)16-8-4-3-5-9-16/h3-11H,12-15H2,1-2H3. The van der Waals surface area contributed by atoms with E-state index in [0.29, 0.717) is 17.2 Å². The van der Waals surface area contributed by atoms with E-state index in [1.54, 1.807) is 37.4 Å². The van der Waals surface area contributed by atoms with E-state index in [9.17, 15) is 8.42 Å². The third kappa shape index (κ3) is 3.41. The summed E-state index contributed by atoms with van der Waals surface area (Å²) in [6.07, 6.45) is 0. The summed E-state index contributed by atoms with van der Waals surface area (Å²) in [6.45, 7) is 3.46. The number of aromatic nitrogens is 2. The van der Waals surface area contributed by atoms with E-state index >= 15 is 0 Å². The summed E-state index contributed by atoms with van der Waals surface area (Å²) < 4.78 is 27.6. The van der Waals surface area contributed by atoms with E-state index in [1.807, 2.05) is 24.3 Å². The van der Waals surface area contributed by atoms with Crippen LogP contribution in [-0.4, -0.2) is 63.6 Å². The van der Waals surface area contributed by atoms with Gasteiger partial charge >= 0.3 is 0 Å². The van der Waals surface area contributed by atoms with E-state index < -0.39 is 10.0 Å². The zero-order chi connectivity index (χ0) is 19.7. The van der Waals surface area contributed by atoms with Gasteiger partial charge in [-0.05, 0) is 31.3 Å². The number of fused-ring (bicyclic) bond motifs is 1. The van der Waals surface area contributed by atoms with Crippen LogP contribution >= 0.6 is 0 Å². The molecule has 0 unspecified atom stereocenters. The van der Waals surface area contributed by atoms with Crippen LogP contribution in [0.3, 0.4) is 0 Å². The smallest absolute Gasteiger partial charge is 0.265 e. The lowest BCUT2D eigenvalue weighted by Crippen LogP contribution is -2.45. The lowest BCUT2D eigenvalue weighted by molar-refractivity contribution is 0.311. The monoisotopic (exact) mass is 397 g/mol. The molecule has 7 nitrogen and oxygen atoms in total. The van der Waals surface area contributed by atoms with Gasteiger partial charge in [0, 0.05) is 38.6 Å². The van der Waals surface area contributed by atoms with Crippen molar-refractivity contribution in [1.29, 1.82) is 0 Å². The summed E-state index contributed by atoms with van der Waals surface area (Å²) in [4.78, 5) is 14.0. The average molecular weight is 398 g/mol. The number of anilines is 2. The fraction of sp³-hybridized carbons (Fsp3) is 0.300. The van der Waals surface area contributed by atoms with E-state index in [0.717, 1.165) is 31.7 Å². The number of sulfonamides is 1. The molecule has 28 heavy (non-hydrogen) atoms. The minimum absolute atomic E-state index is 0.237. The van der Waals surface area contributed by atoms with Crippen molar-refractivity contribution >= 4 is 32.7 Å². The van der Waals surface area contributed by atoms with Crippen LogP contribution in [0.4, 0.5) is 11.8 Å². The molecule has 0 atom stereocenters. The van der Waals surface area contributed by atoms with E-state index in [1.165, 1.54) is 4.31 Å². The van der Waals surface area contributed by atoms with Gasteiger partial charge in [0.25, 0.3) is 10.0 Å². The molecule has 3 aromatic rings. The Balaban J connectivity index is 1.81. The molecule has 0 bridgehead atoms. The van der Waals surface area contributed by atoms with Crippen molar-refractivity contribution < 1.29 is 8.42 Å². The number of piperazine rings is 1. The topological polar surface area (TPSA) is 69.6 Å². The van der Waals surface area contributed by atoms with Crippen LogP contribution < -0.4 is 9.21 Å². The Morgan fingerprint density at radius 1 is 0.893 bits per heavy atom. The van der Waals surface area contributed by atoms with E-state index in [4.69, 9.17) is 4.98 Å². The van der Waals surface area contributed by atoms with Crippen molar-refractivity contribution in [3.63, 3.8) is 0 Å². The Morgan fingerprint density at radius 2 is 1.54 bits per heavy atom. The van der Waals surface area contributed by atoms with Crippen molar-refractivity contribution in [2.45, 2.75) is 4.90 Å². The summed E-state index contributed by atoms with van der Waals surface area (Å²) in [7, 11) is -0.0894. The van der Waals surface area contributed by atoms with Crippen molar-refractivity contribution in [3.05, 3.63) is 54.6 Å². The van der Waals surface area contributed by atoms with Gasteiger partial charge in [0.2, 0.25) is 5.95 Å². The van der Waals surface area contributed by atoms with Gasteiger partial charge < -0.3 is 9.80 Å². The quantitative estimate of drug-likeness (QED) is 0.672. The summed E-state index contributed by atoms with van der Waals surface area (Å²) in [5.74, 6) is 0.959. The SMILES string of the molecule is CN1CCN(c2nc(N(C)S(=O)(=O)c3ccccc3)c3ccccc3n2)CC1. The first-order valence-electron chi connectivity index (χ1n) is 9.21. The first kappa shape index (κ1) is 18.6. The lowest BCUT2D eigenvalue weighted by Gasteiger charge is -2.33. The van der Waals surface area contributed by atoms with Gasteiger partial charge in [0.15, 0.2) is 5.82 Å². The Hall–Kier alpha value is -2.71. The molecular weight excluding hydrogens is 374 g/mol. The van der Waals surface area contributed by atoms with Crippen LogP contribution in [0.5, 0.6) is 0 Å². The first-order chi connectivity index (χ1) is 13.5. The van der Waals surface area contributed by atoms with Crippen LogP contribution in [0.1, 0.15) is 0 Å². The van der Waals surface area contributed by atoms with Gasteiger partial charge in [-0.25, -0.2) is 13.4 Å². The largest absolute Gasteiger partial charge is 0.338 e. The number of benzene rings is 2. The zero-order valence-corrected chi connectivity index (χ0v) is 16.8. The second kappa shape index (κ2) is 7.37. The molecule has 0 aliphatic carbocycles. The molecule has 0 spiro atoms. The van der Waals surface area contributed by atoms with Crippen molar-refractivity contribution in [3.8, 4) is 0 Å². The first-order valence-corrected chi connectivity index (χ1v) is 10.6. The Kier molecular flexibility index (Phi) is 4.91. The van der Waals surface area contributed by atoms with Gasteiger partial charge in [0.1, 0.15) is 0 Å². The third-order valence-corrected chi connectivity index (χ3v) is 6.82. The highest BCUT2D eigenvalue weighted by Crippen LogP contribution is 2.29. The molecule has 1 aliphatic heterocycles. The van der Waals surface area contributed by atoms with Crippen LogP contribution in [0.2, 0.25) is 0 Å². The number of hydrogen-bond acceptors (Lipinski definition) is 6. The minimum Gasteiger partial charge on any atom is -0.338 e. The summed E-state index contributed by atoms with van der Waals surface area (Å²) in [5, 5.41) is 0.711. The van der Waals surface area contributed by atoms with Crippen LogP contribution in [-0.2, 0) is 10.0 Å². The fourth-order valence-electron chi connectivity index (χ4n) is 3.30. The average Bonchev–Trinajstić information content (AvgIpc) is 2.73. The molecule has 8 heteroatoms. The highest BCUT2D eigenvalue weighted by atomic mass is 32.2. The molecule has 1 fully saturated rings. The molecule has 0 saturated carbocycles. The zero-order valence-electron chi connectivity index (χ0n) is 16.0. The number of nitrogens with zero attached hydrogens (tertiary/aromatic N) is 5. The summed E-state index contributed by atoms with van der Waals surface area (Å²) >= 11 is 0. The minimum atomic E-state index is -3.72. The molecule has 2 heterocycles. The predicted octanol–water partition coefficient (Wildman–Crippen LogP) is 2.21. The third-order valence-electron chi connectivity index (χ3n) is 5.06. The van der Waals surface area contributed by atoms with Crippen LogP contribution in [0, 0.1) is 0 Å². The number of likely N-dealkylation sites (N-methyl/N-ethyl adjacent to an activating group) is 1. The Labute approximate surface area is 165 Å². The maximum absolute atomic E-state index is 13.2. The van der Waals surface area contributed by atoms with Crippen molar-refractivity contribution in [1.82, 2.24) is 14.9 Å². The van der Waals surface area contributed by atoms with Crippen LogP contribution in [0.15, 0.2) is 59.5 Å². The highest BCUT2D eigenvalue weighted by Gasteiger charge is 2.26. The molecule has 1 saturated heterocycles. The molecule has 1 aliphatic rings. The van der Waals surface area contributed by atoms with E-state index in [2.05, 4.69) is 21.8 Å². The van der Waals surface area contributed by atoms with Gasteiger partial charge in [-0.15, -0.1) is 0 Å². The number of hydrogen-bond donors (Lipinski definition) is 0. The van der Waals surface area contributed by atoms with Crippen molar-refractivity contribution in [2.75, 3.05) is 49.5 Å². The summed E-state index contributed by atoms with van der Waals surface area (Å²) in [6, 6.07) is 15.9. The fourth-order valence-corrected chi connectivity index (χ4v) is 4.48. The van der Waals surface area contributed by atoms with Gasteiger partial charge in [-0.2, -0.15) is 4.98 Å². The number of para-hydroxylation sites is 1. The normalized spacial score (nSPS) is 15.7. The maximum atomic E-state index is 13.2. The Bertz CT molecular complexity index is 1080. The maximum Gasteiger partial charge on any atom is 0.265 e. The van der Waals surface area contributed by atoms with Gasteiger partial charge in [0.05, 0.1) is 10.4 Å². The predicted molar refractivity (Wildman–Crippen MR) is 111 cm³/mol. The molecule has 0 N–H and O–H groups in total. The van der Waals surface area contributed by atoms with Crippen molar-refractivity contribution in [2.24, 2.45) is 0 Å². The lowest BCUT2D eigenvalue weighted by atomic mass is 10.2. The molecule has 0 radical (unpaired) electrons. The molecule has 146 valence electrons. The highest BCUT2D eigenvalue weighted by molar-refractivity contribution is 7.92. The second-order valence-corrected chi connectivity index (χ2v) is 8.91. The van der Waals surface area contributed by atoms with Gasteiger partial charge in [-0.3, -0.25) is 4.31 Å². The number of rotatable bonds is 4. The molecule has 0 amide bonds. The summed E-state index contributed by atoms with van der Waals surface area (Å²) in [5.41, 5.74) is 0.733. The van der Waals surface area contributed by atoms with Crippen LogP contribution in [0.25, 0.3) is 10.9 Å². The second-order valence-electron chi connectivity index (χ2n) is 6.94. The Morgan fingerprint density at radius 3 is 2.25 bits per heavy atom. The molecular formula is C20H23N5O2S. The van der Waals surface area contributed by atoms with E-state index in [-0.39, 0.29) is 4.90 Å². The molecule has 4 rings (SSSR count). The molecule has 2 aromatic carbocycles.